The number of benzene rings is 1. The van der Waals surface area contributed by atoms with Crippen molar-refractivity contribution >= 4 is 17.9 Å². The summed E-state index contributed by atoms with van der Waals surface area (Å²) in [6, 6.07) is 5.79. The van der Waals surface area contributed by atoms with E-state index in [1.54, 1.807) is 10.9 Å². The SMILES string of the molecule is Cn1ncc(C=O)c1-c1ccc2c(c1)CCC(=O)N2. The van der Waals surface area contributed by atoms with Crippen molar-refractivity contribution in [2.24, 2.45) is 7.05 Å². The van der Waals surface area contributed by atoms with Crippen LogP contribution in [0.2, 0.25) is 0 Å². The number of hydrogen-bond acceptors (Lipinski definition) is 3. The van der Waals surface area contributed by atoms with Gasteiger partial charge in [-0.25, -0.2) is 0 Å². The third-order valence-corrected chi connectivity index (χ3v) is 3.37. The number of nitrogens with one attached hydrogen (secondary N) is 1. The van der Waals surface area contributed by atoms with Gasteiger partial charge in [-0.15, -0.1) is 0 Å². The van der Waals surface area contributed by atoms with Crippen LogP contribution in [0.3, 0.4) is 0 Å². The van der Waals surface area contributed by atoms with Crippen molar-refractivity contribution in [3.05, 3.63) is 35.5 Å². The average Bonchev–Trinajstić information content (AvgIpc) is 2.79. The quantitative estimate of drug-likeness (QED) is 0.832. The van der Waals surface area contributed by atoms with E-state index >= 15 is 0 Å². The molecule has 0 saturated heterocycles. The molecular formula is C14H13N3O2. The molecule has 19 heavy (non-hydrogen) atoms. The minimum absolute atomic E-state index is 0.0503. The van der Waals surface area contributed by atoms with Gasteiger partial charge >= 0.3 is 0 Å². The average molecular weight is 255 g/mol. The summed E-state index contributed by atoms with van der Waals surface area (Å²) in [5.74, 6) is 0.0503. The van der Waals surface area contributed by atoms with Gasteiger partial charge in [-0.05, 0) is 24.1 Å². The van der Waals surface area contributed by atoms with Gasteiger partial charge in [0.1, 0.15) is 0 Å². The monoisotopic (exact) mass is 255 g/mol. The Bertz CT molecular complexity index is 673. The maximum atomic E-state index is 11.3. The van der Waals surface area contributed by atoms with Gasteiger partial charge in [0.2, 0.25) is 5.91 Å². The lowest BCUT2D eigenvalue weighted by molar-refractivity contribution is -0.116. The zero-order chi connectivity index (χ0) is 13.4. The Hall–Kier alpha value is -2.43. The van der Waals surface area contributed by atoms with Crippen LogP contribution in [-0.4, -0.2) is 22.0 Å². The Morgan fingerprint density at radius 3 is 3.00 bits per heavy atom. The molecule has 5 heteroatoms. The molecule has 5 nitrogen and oxygen atoms in total. The second-order valence-corrected chi connectivity index (χ2v) is 4.61. The molecule has 1 aliphatic heterocycles. The van der Waals surface area contributed by atoms with Crippen LogP contribution in [0.4, 0.5) is 5.69 Å². The Balaban J connectivity index is 2.09. The minimum Gasteiger partial charge on any atom is -0.326 e. The summed E-state index contributed by atoms with van der Waals surface area (Å²) in [4.78, 5) is 22.4. The second kappa shape index (κ2) is 4.35. The number of aldehydes is 1. The molecule has 1 aromatic carbocycles. The van der Waals surface area contributed by atoms with E-state index in [1.165, 1.54) is 0 Å². The summed E-state index contributed by atoms with van der Waals surface area (Å²) in [5, 5.41) is 6.95. The number of nitrogens with zero attached hydrogens (tertiary/aromatic N) is 2. The fraction of sp³-hybridized carbons (Fsp3) is 0.214. The van der Waals surface area contributed by atoms with Crippen LogP contribution in [0.1, 0.15) is 22.3 Å². The normalized spacial score (nSPS) is 13.8. The zero-order valence-electron chi connectivity index (χ0n) is 10.5. The largest absolute Gasteiger partial charge is 0.326 e. The van der Waals surface area contributed by atoms with Crippen molar-refractivity contribution in [3.8, 4) is 11.3 Å². The number of carbonyl (C=O) groups is 2. The number of fused-ring (bicyclic) bond motifs is 1. The van der Waals surface area contributed by atoms with E-state index in [9.17, 15) is 9.59 Å². The van der Waals surface area contributed by atoms with Gasteiger partial charge in [0, 0.05) is 24.7 Å². The molecule has 0 radical (unpaired) electrons. The molecule has 1 N–H and O–H groups in total. The van der Waals surface area contributed by atoms with E-state index in [0.29, 0.717) is 12.0 Å². The Morgan fingerprint density at radius 2 is 2.21 bits per heavy atom. The highest BCUT2D eigenvalue weighted by molar-refractivity contribution is 5.94. The summed E-state index contributed by atoms with van der Waals surface area (Å²) in [6.45, 7) is 0. The molecular weight excluding hydrogens is 242 g/mol. The molecule has 3 rings (SSSR count). The number of hydrogen-bond donors (Lipinski definition) is 1. The van der Waals surface area contributed by atoms with Crippen LogP contribution in [0, 0.1) is 0 Å². The highest BCUT2D eigenvalue weighted by Crippen LogP contribution is 2.29. The first-order chi connectivity index (χ1) is 9.19. The summed E-state index contributed by atoms with van der Waals surface area (Å²) in [7, 11) is 1.81. The van der Waals surface area contributed by atoms with Crippen LogP contribution >= 0.6 is 0 Å². The molecule has 96 valence electrons. The lowest BCUT2D eigenvalue weighted by atomic mass is 9.98. The number of anilines is 1. The third-order valence-electron chi connectivity index (χ3n) is 3.37. The van der Waals surface area contributed by atoms with Crippen LogP contribution in [-0.2, 0) is 18.3 Å². The van der Waals surface area contributed by atoms with E-state index in [2.05, 4.69) is 10.4 Å². The van der Waals surface area contributed by atoms with Gasteiger partial charge in [-0.3, -0.25) is 14.3 Å². The zero-order valence-corrected chi connectivity index (χ0v) is 10.5. The van der Waals surface area contributed by atoms with E-state index in [0.717, 1.165) is 35.2 Å². The molecule has 1 amide bonds. The van der Waals surface area contributed by atoms with Crippen LogP contribution in [0.25, 0.3) is 11.3 Å². The first-order valence-corrected chi connectivity index (χ1v) is 6.09. The van der Waals surface area contributed by atoms with Gasteiger partial charge in [0.25, 0.3) is 0 Å². The molecule has 0 unspecified atom stereocenters. The van der Waals surface area contributed by atoms with Gasteiger partial charge in [0.05, 0.1) is 17.5 Å². The summed E-state index contributed by atoms with van der Waals surface area (Å²) < 4.78 is 1.69. The predicted molar refractivity (Wildman–Crippen MR) is 71.0 cm³/mol. The minimum atomic E-state index is 0.0503. The lowest BCUT2D eigenvalue weighted by Crippen LogP contribution is -2.18. The van der Waals surface area contributed by atoms with Crippen LogP contribution in [0.5, 0.6) is 0 Å². The van der Waals surface area contributed by atoms with E-state index < -0.39 is 0 Å². The highest BCUT2D eigenvalue weighted by atomic mass is 16.1. The summed E-state index contributed by atoms with van der Waals surface area (Å²) in [6.07, 6.45) is 3.60. The Kier molecular flexibility index (Phi) is 2.67. The fourth-order valence-electron chi connectivity index (χ4n) is 2.42. The molecule has 0 bridgehead atoms. The van der Waals surface area contributed by atoms with Crippen molar-refractivity contribution in [2.45, 2.75) is 12.8 Å². The van der Waals surface area contributed by atoms with E-state index in [4.69, 9.17) is 0 Å². The van der Waals surface area contributed by atoms with Crippen molar-refractivity contribution in [2.75, 3.05) is 5.32 Å². The Labute approximate surface area is 110 Å². The molecule has 0 spiro atoms. The van der Waals surface area contributed by atoms with Gasteiger partial charge in [-0.2, -0.15) is 5.10 Å². The van der Waals surface area contributed by atoms with Crippen LogP contribution < -0.4 is 5.32 Å². The smallest absolute Gasteiger partial charge is 0.224 e. The van der Waals surface area contributed by atoms with Gasteiger partial charge < -0.3 is 5.32 Å². The molecule has 0 fully saturated rings. The van der Waals surface area contributed by atoms with Gasteiger partial charge in [-0.1, -0.05) is 6.07 Å². The third kappa shape index (κ3) is 1.93. The molecule has 2 aromatic rings. The van der Waals surface area contributed by atoms with E-state index in [-0.39, 0.29) is 5.91 Å². The number of amides is 1. The molecule has 0 atom stereocenters. The topological polar surface area (TPSA) is 64.0 Å². The molecule has 2 heterocycles. The summed E-state index contributed by atoms with van der Waals surface area (Å²) in [5.41, 5.74) is 4.26. The van der Waals surface area contributed by atoms with Crippen molar-refractivity contribution in [1.29, 1.82) is 0 Å². The fourth-order valence-corrected chi connectivity index (χ4v) is 2.42. The van der Waals surface area contributed by atoms with Crippen molar-refractivity contribution in [1.82, 2.24) is 9.78 Å². The number of rotatable bonds is 2. The van der Waals surface area contributed by atoms with Crippen molar-refractivity contribution < 1.29 is 9.59 Å². The molecule has 1 aliphatic rings. The predicted octanol–water partition coefficient (Wildman–Crippen LogP) is 1.78. The highest BCUT2D eigenvalue weighted by Gasteiger charge is 2.17. The van der Waals surface area contributed by atoms with Crippen LogP contribution in [0.15, 0.2) is 24.4 Å². The maximum Gasteiger partial charge on any atom is 0.224 e. The van der Waals surface area contributed by atoms with Crippen molar-refractivity contribution in [3.63, 3.8) is 0 Å². The first kappa shape index (κ1) is 11.6. The first-order valence-electron chi connectivity index (χ1n) is 6.09. The standard InChI is InChI=1S/C14H13N3O2/c1-17-14(11(8-18)7-15-17)10-2-4-12-9(6-10)3-5-13(19)16-12/h2,4,6-8H,3,5H2,1H3,(H,16,19). The molecule has 0 saturated carbocycles. The molecule has 0 aliphatic carbocycles. The van der Waals surface area contributed by atoms with Gasteiger partial charge in [0.15, 0.2) is 6.29 Å². The summed E-state index contributed by atoms with van der Waals surface area (Å²) >= 11 is 0. The lowest BCUT2D eigenvalue weighted by Gasteiger charge is -2.17. The number of aryl methyl sites for hydroxylation is 2. The molecule has 1 aromatic heterocycles. The number of aromatic nitrogens is 2. The number of carbonyl (C=O) groups excluding carboxylic acids is 2. The van der Waals surface area contributed by atoms with E-state index in [1.807, 2.05) is 25.2 Å². The maximum absolute atomic E-state index is 11.3. The second-order valence-electron chi connectivity index (χ2n) is 4.61. The Morgan fingerprint density at radius 1 is 1.37 bits per heavy atom.